The third kappa shape index (κ3) is 4.99. The van der Waals surface area contributed by atoms with Crippen molar-refractivity contribution in [3.05, 3.63) is 65.2 Å². The van der Waals surface area contributed by atoms with Crippen molar-refractivity contribution in [1.82, 2.24) is 0 Å². The molecule has 0 radical (unpaired) electrons. The number of benzene rings is 2. The van der Waals surface area contributed by atoms with Gasteiger partial charge in [0.05, 0.1) is 12.2 Å². The van der Waals surface area contributed by atoms with Crippen molar-refractivity contribution >= 4 is 23.3 Å². The number of aliphatic hydroxyl groups is 1. The van der Waals surface area contributed by atoms with Crippen LogP contribution >= 0.6 is 0 Å². The van der Waals surface area contributed by atoms with E-state index < -0.39 is 18.0 Å². The first-order chi connectivity index (χ1) is 11.9. The molecular formula is C19H19NO5. The van der Waals surface area contributed by atoms with E-state index in [1.807, 2.05) is 0 Å². The van der Waals surface area contributed by atoms with Gasteiger partial charge in [0, 0.05) is 11.3 Å². The molecule has 0 spiro atoms. The van der Waals surface area contributed by atoms with Gasteiger partial charge in [-0.25, -0.2) is 4.79 Å². The summed E-state index contributed by atoms with van der Waals surface area (Å²) in [4.78, 5) is 35.6. The second-order valence-corrected chi connectivity index (χ2v) is 5.53. The Morgan fingerprint density at radius 2 is 1.76 bits per heavy atom. The Kier molecular flexibility index (Phi) is 6.03. The van der Waals surface area contributed by atoms with Crippen molar-refractivity contribution < 1.29 is 24.2 Å². The maximum Gasteiger partial charge on any atom is 0.338 e. The van der Waals surface area contributed by atoms with Crippen molar-refractivity contribution in [2.45, 2.75) is 26.6 Å². The van der Waals surface area contributed by atoms with E-state index in [-0.39, 0.29) is 18.0 Å². The third-order valence-electron chi connectivity index (χ3n) is 3.56. The van der Waals surface area contributed by atoms with Gasteiger partial charge in [-0.1, -0.05) is 24.3 Å². The van der Waals surface area contributed by atoms with Crippen LogP contribution < -0.4 is 5.32 Å². The van der Waals surface area contributed by atoms with Crippen LogP contribution in [-0.2, 0) is 16.1 Å². The van der Waals surface area contributed by atoms with Gasteiger partial charge in [0.15, 0.2) is 11.9 Å². The number of aliphatic hydroxyl groups excluding tert-OH is 1. The van der Waals surface area contributed by atoms with Crippen LogP contribution in [0.15, 0.2) is 48.5 Å². The molecule has 6 nitrogen and oxygen atoms in total. The number of Topliss-reactive ketones (excluding diaryl/α,β-unsaturated/α-hetero) is 1. The number of ketones is 1. The average Bonchev–Trinajstić information content (AvgIpc) is 2.61. The molecule has 25 heavy (non-hydrogen) atoms. The summed E-state index contributed by atoms with van der Waals surface area (Å²) in [6.45, 7) is 2.78. The zero-order valence-corrected chi connectivity index (χ0v) is 14.0. The molecule has 0 aromatic heterocycles. The Hall–Kier alpha value is -2.99. The first-order valence-corrected chi connectivity index (χ1v) is 7.73. The Labute approximate surface area is 145 Å². The van der Waals surface area contributed by atoms with Crippen LogP contribution in [0.4, 0.5) is 5.69 Å². The normalized spacial score (nSPS) is 11.5. The maximum absolute atomic E-state index is 12.2. The molecule has 130 valence electrons. The molecule has 0 aliphatic heterocycles. The van der Waals surface area contributed by atoms with E-state index >= 15 is 0 Å². The van der Waals surface area contributed by atoms with E-state index in [0.29, 0.717) is 16.8 Å². The standard InChI is InChI=1S/C19H19NO5/c1-12(22)16-4-3-5-17(10-16)20-18(23)13(2)25-19(24)15-8-6-14(11-21)7-9-15/h3-10,13,21H,11H2,1-2H3,(H,20,23)/t13-/m0/s1. The van der Waals surface area contributed by atoms with Gasteiger partial charge in [-0.15, -0.1) is 0 Å². The SMILES string of the molecule is CC(=O)c1cccc(NC(=O)[C@H](C)OC(=O)c2ccc(CO)cc2)c1. The molecule has 0 aliphatic rings. The van der Waals surface area contributed by atoms with Crippen molar-refractivity contribution in [3.8, 4) is 0 Å². The Morgan fingerprint density at radius 1 is 1.08 bits per heavy atom. The molecule has 0 aliphatic carbocycles. The summed E-state index contributed by atoms with van der Waals surface area (Å²) in [6.07, 6.45) is -1.01. The molecule has 0 fully saturated rings. The molecule has 2 rings (SSSR count). The summed E-state index contributed by atoms with van der Waals surface area (Å²) in [6, 6.07) is 12.8. The molecule has 0 saturated carbocycles. The van der Waals surface area contributed by atoms with E-state index in [1.165, 1.54) is 26.0 Å². The molecule has 6 heteroatoms. The minimum Gasteiger partial charge on any atom is -0.449 e. The molecule has 0 saturated heterocycles. The second kappa shape index (κ2) is 8.21. The van der Waals surface area contributed by atoms with Gasteiger partial charge in [0.1, 0.15) is 0 Å². The number of esters is 1. The van der Waals surface area contributed by atoms with E-state index in [9.17, 15) is 14.4 Å². The number of amides is 1. The van der Waals surface area contributed by atoms with Gasteiger partial charge in [0.25, 0.3) is 5.91 Å². The lowest BCUT2D eigenvalue weighted by molar-refractivity contribution is -0.123. The molecule has 1 atom stereocenters. The highest BCUT2D eigenvalue weighted by Gasteiger charge is 2.19. The van der Waals surface area contributed by atoms with Crippen LogP contribution in [0.5, 0.6) is 0 Å². The van der Waals surface area contributed by atoms with Gasteiger partial charge >= 0.3 is 5.97 Å². The molecule has 2 N–H and O–H groups in total. The lowest BCUT2D eigenvalue weighted by Gasteiger charge is -2.14. The highest BCUT2D eigenvalue weighted by atomic mass is 16.5. The smallest absolute Gasteiger partial charge is 0.338 e. The van der Waals surface area contributed by atoms with Crippen LogP contribution in [0.1, 0.15) is 40.1 Å². The summed E-state index contributed by atoms with van der Waals surface area (Å²) in [5.74, 6) is -1.24. The molecule has 2 aromatic carbocycles. The third-order valence-corrected chi connectivity index (χ3v) is 3.56. The Bertz CT molecular complexity index is 783. The van der Waals surface area contributed by atoms with E-state index in [0.717, 1.165) is 0 Å². The number of anilines is 1. The van der Waals surface area contributed by atoms with Crippen LogP contribution in [0.25, 0.3) is 0 Å². The average molecular weight is 341 g/mol. The maximum atomic E-state index is 12.2. The number of ether oxygens (including phenoxy) is 1. The van der Waals surface area contributed by atoms with Crippen molar-refractivity contribution in [2.24, 2.45) is 0 Å². The monoisotopic (exact) mass is 341 g/mol. The molecular weight excluding hydrogens is 322 g/mol. The minimum absolute atomic E-state index is 0.109. The van der Waals surface area contributed by atoms with Crippen LogP contribution in [-0.4, -0.2) is 28.9 Å². The molecule has 0 heterocycles. The van der Waals surface area contributed by atoms with Crippen LogP contribution in [0, 0.1) is 0 Å². The fourth-order valence-electron chi connectivity index (χ4n) is 2.09. The van der Waals surface area contributed by atoms with E-state index in [1.54, 1.807) is 36.4 Å². The zero-order valence-electron chi connectivity index (χ0n) is 14.0. The largest absolute Gasteiger partial charge is 0.449 e. The lowest BCUT2D eigenvalue weighted by Crippen LogP contribution is -2.30. The predicted molar refractivity (Wildman–Crippen MR) is 92.3 cm³/mol. The molecule has 1 amide bonds. The van der Waals surface area contributed by atoms with Gasteiger partial charge in [-0.05, 0) is 43.7 Å². The summed E-state index contributed by atoms with van der Waals surface area (Å²) in [7, 11) is 0. The van der Waals surface area contributed by atoms with Crippen molar-refractivity contribution in [2.75, 3.05) is 5.32 Å². The summed E-state index contributed by atoms with van der Waals surface area (Å²) in [5, 5.41) is 11.6. The minimum atomic E-state index is -1.01. The second-order valence-electron chi connectivity index (χ2n) is 5.53. The van der Waals surface area contributed by atoms with E-state index in [4.69, 9.17) is 9.84 Å². The first kappa shape index (κ1) is 18.4. The Morgan fingerprint density at radius 3 is 2.36 bits per heavy atom. The lowest BCUT2D eigenvalue weighted by atomic mass is 10.1. The zero-order chi connectivity index (χ0) is 18.4. The predicted octanol–water partition coefficient (Wildman–Crippen LogP) is 2.57. The van der Waals surface area contributed by atoms with Crippen molar-refractivity contribution in [3.63, 3.8) is 0 Å². The number of carbonyl (C=O) groups is 3. The number of hydrogen-bond acceptors (Lipinski definition) is 5. The molecule has 2 aromatic rings. The fraction of sp³-hybridized carbons (Fsp3) is 0.211. The summed E-state index contributed by atoms with van der Waals surface area (Å²) < 4.78 is 5.14. The first-order valence-electron chi connectivity index (χ1n) is 7.73. The summed E-state index contributed by atoms with van der Waals surface area (Å²) in [5.41, 5.74) is 1.89. The number of nitrogens with one attached hydrogen (secondary N) is 1. The van der Waals surface area contributed by atoms with E-state index in [2.05, 4.69) is 5.32 Å². The van der Waals surface area contributed by atoms with Gasteiger partial charge in [-0.2, -0.15) is 0 Å². The quantitative estimate of drug-likeness (QED) is 0.622. The summed E-state index contributed by atoms with van der Waals surface area (Å²) >= 11 is 0. The van der Waals surface area contributed by atoms with Gasteiger partial charge in [0.2, 0.25) is 0 Å². The number of rotatable bonds is 6. The number of carbonyl (C=O) groups excluding carboxylic acids is 3. The highest BCUT2D eigenvalue weighted by Crippen LogP contribution is 2.13. The van der Waals surface area contributed by atoms with Gasteiger partial charge in [-0.3, -0.25) is 9.59 Å². The molecule has 0 bridgehead atoms. The van der Waals surface area contributed by atoms with Crippen molar-refractivity contribution in [1.29, 1.82) is 0 Å². The van der Waals surface area contributed by atoms with Crippen LogP contribution in [0.2, 0.25) is 0 Å². The number of hydrogen-bond donors (Lipinski definition) is 2. The fourth-order valence-corrected chi connectivity index (χ4v) is 2.09. The van der Waals surface area contributed by atoms with Crippen LogP contribution in [0.3, 0.4) is 0 Å². The molecule has 0 unspecified atom stereocenters. The van der Waals surface area contributed by atoms with Gasteiger partial charge < -0.3 is 15.2 Å². The highest BCUT2D eigenvalue weighted by molar-refractivity contribution is 5.99. The topological polar surface area (TPSA) is 92.7 Å². The Balaban J connectivity index is 1.98.